The number of piperidine rings is 2. The van der Waals surface area contributed by atoms with E-state index in [-0.39, 0.29) is 31.9 Å². The summed E-state index contributed by atoms with van der Waals surface area (Å²) in [7, 11) is -3.53. The summed E-state index contributed by atoms with van der Waals surface area (Å²) in [5, 5.41) is 2.80. The smallest absolute Gasteiger partial charge is 0.260 e. The fourth-order valence-corrected chi connectivity index (χ4v) is 7.32. The van der Waals surface area contributed by atoms with Gasteiger partial charge in [0.15, 0.2) is 0 Å². The number of benzene rings is 1. The molecular formula is C26H34F2N6O3S2. The summed E-state index contributed by atoms with van der Waals surface area (Å²) in [6.45, 7) is 3.68. The number of nitrogens with zero attached hydrogens (tertiary/aromatic N) is 5. The largest absolute Gasteiger partial charge is 0.371 e. The summed E-state index contributed by atoms with van der Waals surface area (Å²) < 4.78 is 53.3. The lowest BCUT2D eigenvalue weighted by Gasteiger charge is -2.35. The number of alkyl halides is 2. The van der Waals surface area contributed by atoms with Crippen LogP contribution < -0.4 is 18.8 Å². The van der Waals surface area contributed by atoms with Crippen molar-refractivity contribution in [1.29, 1.82) is 0 Å². The van der Waals surface area contributed by atoms with Crippen molar-refractivity contribution in [3.05, 3.63) is 35.5 Å². The van der Waals surface area contributed by atoms with Crippen molar-refractivity contribution < 1.29 is 22.0 Å². The predicted octanol–water partition coefficient (Wildman–Crippen LogP) is 4.70. The molecule has 13 heteroatoms. The first-order chi connectivity index (χ1) is 18.4. The Labute approximate surface area is 232 Å². The number of halogens is 2. The maximum Gasteiger partial charge on any atom is 0.260 e. The number of anilines is 4. The summed E-state index contributed by atoms with van der Waals surface area (Å²) in [6, 6.07) is 6.74. The van der Waals surface area contributed by atoms with Crippen LogP contribution >= 0.6 is 11.9 Å². The lowest BCUT2D eigenvalue weighted by molar-refractivity contribution is -0.0221. The fourth-order valence-electron chi connectivity index (χ4n) is 5.42. The van der Waals surface area contributed by atoms with Crippen LogP contribution in [0, 0.1) is 12.3 Å². The van der Waals surface area contributed by atoms with E-state index in [2.05, 4.69) is 20.2 Å². The van der Waals surface area contributed by atoms with E-state index >= 15 is 0 Å². The number of sulfonamides is 1. The molecule has 0 unspecified atom stereocenters. The molecule has 212 valence electrons. The fraction of sp³-hybridized carbons (Fsp3) is 0.577. The lowest BCUT2D eigenvalue weighted by atomic mass is 9.93. The Morgan fingerprint density at radius 2 is 1.64 bits per heavy atom. The number of hydrogen-bond donors (Lipinski definition) is 1. The average molecular weight is 581 g/mol. The van der Waals surface area contributed by atoms with Gasteiger partial charge in [0.05, 0.1) is 23.2 Å². The zero-order chi connectivity index (χ0) is 28.0. The molecule has 1 aromatic heterocycles. The molecular weight excluding hydrogens is 546 g/mol. The first kappa shape index (κ1) is 27.9. The normalized spacial score (nSPS) is 20.1. The van der Waals surface area contributed by atoms with Crippen LogP contribution in [0.4, 0.5) is 31.9 Å². The van der Waals surface area contributed by atoms with E-state index in [9.17, 15) is 22.0 Å². The molecule has 1 N–H and O–H groups in total. The van der Waals surface area contributed by atoms with E-state index in [1.54, 1.807) is 42.3 Å². The third kappa shape index (κ3) is 6.24. The topological polar surface area (TPSA) is 98.7 Å². The van der Waals surface area contributed by atoms with E-state index in [0.717, 1.165) is 44.1 Å². The third-order valence-electron chi connectivity index (χ3n) is 7.91. The molecule has 1 aromatic carbocycles. The van der Waals surface area contributed by atoms with Gasteiger partial charge in [0.25, 0.3) is 11.8 Å². The van der Waals surface area contributed by atoms with Gasteiger partial charge in [-0.2, -0.15) is 4.98 Å². The van der Waals surface area contributed by atoms with Crippen LogP contribution in [-0.4, -0.2) is 68.9 Å². The molecule has 3 fully saturated rings. The zero-order valence-corrected chi connectivity index (χ0v) is 24.0. The molecule has 2 saturated heterocycles. The number of rotatable bonds is 7. The number of aromatic nitrogens is 2. The highest BCUT2D eigenvalue weighted by Crippen LogP contribution is 2.54. The molecule has 1 saturated carbocycles. The predicted molar refractivity (Wildman–Crippen MR) is 152 cm³/mol. The summed E-state index contributed by atoms with van der Waals surface area (Å²) >= 11 is 1.08. The maximum absolute atomic E-state index is 13.7. The maximum atomic E-state index is 13.7. The first-order valence-corrected chi connectivity index (χ1v) is 16.1. The van der Waals surface area contributed by atoms with Gasteiger partial charge >= 0.3 is 0 Å². The standard InChI is InChI=1S/C26H34F2N6O3S2/c1-18-16-22(33-14-10-26(27,28)11-15-33)30-24(29-18)31-23(35)20-5-4-19(34(38-2)39(3,36)37)17-21(20)32-12-8-25(6-7-25)9-13-32/h4-5,16-17H,6-15H2,1-3H3,(H,29,30,31,35). The summed E-state index contributed by atoms with van der Waals surface area (Å²) in [5.41, 5.74) is 2.56. The molecule has 1 amide bonds. The van der Waals surface area contributed by atoms with Crippen molar-refractivity contribution in [2.45, 2.75) is 51.4 Å². The second-order valence-corrected chi connectivity index (χ2v) is 13.6. The molecule has 0 atom stereocenters. The van der Waals surface area contributed by atoms with E-state index in [1.807, 2.05) is 0 Å². The van der Waals surface area contributed by atoms with Crippen molar-refractivity contribution in [1.82, 2.24) is 9.97 Å². The Balaban J connectivity index is 1.42. The summed E-state index contributed by atoms with van der Waals surface area (Å²) in [4.78, 5) is 26.3. The molecule has 0 bridgehead atoms. The second-order valence-electron chi connectivity index (χ2n) is 10.8. The highest BCUT2D eigenvalue weighted by molar-refractivity contribution is 8.14. The van der Waals surface area contributed by atoms with Gasteiger partial charge in [-0.15, -0.1) is 0 Å². The van der Waals surface area contributed by atoms with Crippen molar-refractivity contribution >= 4 is 51.0 Å². The van der Waals surface area contributed by atoms with Gasteiger partial charge in [-0.25, -0.2) is 25.9 Å². The van der Waals surface area contributed by atoms with Crippen molar-refractivity contribution in [3.8, 4) is 0 Å². The SMILES string of the molecule is CSN(c1ccc(C(=O)Nc2nc(C)cc(N3CCC(F)(F)CC3)n2)c(N2CCC3(CC2)CC3)c1)S(C)(=O)=O. The Morgan fingerprint density at radius 1 is 1.00 bits per heavy atom. The van der Waals surface area contributed by atoms with Crippen LogP contribution in [-0.2, 0) is 10.0 Å². The Bertz CT molecular complexity index is 1350. The van der Waals surface area contributed by atoms with Gasteiger partial charge in [-0.1, -0.05) is 0 Å². The van der Waals surface area contributed by atoms with Gasteiger partial charge in [0.2, 0.25) is 16.0 Å². The minimum atomic E-state index is -3.53. The number of aryl methyl sites for hydroxylation is 1. The molecule has 1 spiro atoms. The molecule has 1 aliphatic carbocycles. The average Bonchev–Trinajstić information content (AvgIpc) is 3.62. The quantitative estimate of drug-likeness (QED) is 0.471. The Morgan fingerprint density at radius 3 is 2.23 bits per heavy atom. The molecule has 2 aromatic rings. The monoisotopic (exact) mass is 580 g/mol. The molecule has 0 radical (unpaired) electrons. The minimum absolute atomic E-state index is 0.0970. The Hall–Kier alpha value is -2.67. The van der Waals surface area contributed by atoms with Crippen LogP contribution in [0.5, 0.6) is 0 Å². The van der Waals surface area contributed by atoms with E-state index in [4.69, 9.17) is 0 Å². The van der Waals surface area contributed by atoms with Gasteiger partial charge in [-0.3, -0.25) is 10.1 Å². The number of nitrogens with one attached hydrogen (secondary N) is 1. The molecule has 2 aliphatic heterocycles. The minimum Gasteiger partial charge on any atom is -0.371 e. The highest BCUT2D eigenvalue weighted by Gasteiger charge is 2.44. The summed E-state index contributed by atoms with van der Waals surface area (Å²) in [6.07, 6.45) is 6.91. The Kier molecular flexibility index (Phi) is 7.42. The number of carbonyl (C=O) groups excluding carboxylic acids is 1. The summed E-state index contributed by atoms with van der Waals surface area (Å²) in [5.74, 6) is -2.49. The molecule has 5 rings (SSSR count). The van der Waals surface area contributed by atoms with Crippen LogP contribution in [0.15, 0.2) is 24.3 Å². The van der Waals surface area contributed by atoms with Gasteiger partial charge < -0.3 is 9.80 Å². The highest BCUT2D eigenvalue weighted by atomic mass is 32.3. The van der Waals surface area contributed by atoms with Crippen molar-refractivity contribution in [2.24, 2.45) is 5.41 Å². The molecule has 3 heterocycles. The van der Waals surface area contributed by atoms with Crippen LogP contribution in [0.3, 0.4) is 0 Å². The van der Waals surface area contributed by atoms with E-state index in [0.29, 0.717) is 33.9 Å². The van der Waals surface area contributed by atoms with E-state index < -0.39 is 21.9 Å². The van der Waals surface area contributed by atoms with Crippen LogP contribution in [0.2, 0.25) is 0 Å². The van der Waals surface area contributed by atoms with E-state index in [1.165, 1.54) is 16.6 Å². The number of amides is 1. The van der Waals surface area contributed by atoms with Gasteiger partial charge in [0.1, 0.15) is 5.82 Å². The van der Waals surface area contributed by atoms with Crippen molar-refractivity contribution in [2.75, 3.05) is 57.5 Å². The molecule has 9 nitrogen and oxygen atoms in total. The van der Waals surface area contributed by atoms with Crippen molar-refractivity contribution in [3.63, 3.8) is 0 Å². The molecule has 39 heavy (non-hydrogen) atoms. The lowest BCUT2D eigenvalue weighted by Crippen LogP contribution is -2.40. The van der Waals surface area contributed by atoms with Crippen LogP contribution in [0.1, 0.15) is 54.6 Å². The van der Waals surface area contributed by atoms with Gasteiger partial charge in [-0.05, 0) is 68.2 Å². The van der Waals surface area contributed by atoms with Gasteiger partial charge in [0, 0.05) is 57.0 Å². The number of carbonyl (C=O) groups is 1. The third-order valence-corrected chi connectivity index (χ3v) is 10.5. The first-order valence-electron chi connectivity index (χ1n) is 13.1. The van der Waals surface area contributed by atoms with Crippen LogP contribution in [0.25, 0.3) is 0 Å². The second kappa shape index (κ2) is 10.4. The zero-order valence-electron chi connectivity index (χ0n) is 22.4. The number of hydrogen-bond acceptors (Lipinski definition) is 8. The molecule has 3 aliphatic rings.